The molecule has 0 spiro atoms. The molecule has 2 unspecified atom stereocenters. The summed E-state index contributed by atoms with van der Waals surface area (Å²) in [5, 5.41) is 27.3. The van der Waals surface area contributed by atoms with Gasteiger partial charge in [-0.1, -0.05) is 19.3 Å². The Morgan fingerprint density at radius 3 is 2.76 bits per heavy atom. The molecule has 0 radical (unpaired) electrons. The molecular weight excluding hydrogens is 274 g/mol. The number of hydrogen-bond acceptors (Lipinski definition) is 7. The van der Waals surface area contributed by atoms with E-state index >= 15 is 0 Å². The van der Waals surface area contributed by atoms with Crippen molar-refractivity contribution in [2.24, 2.45) is 0 Å². The Morgan fingerprint density at radius 2 is 2.05 bits per heavy atom. The minimum absolute atomic E-state index is 0.164. The molecule has 1 aliphatic rings. The van der Waals surface area contributed by atoms with Crippen LogP contribution in [-0.2, 0) is 0 Å². The van der Waals surface area contributed by atoms with Crippen LogP contribution < -0.4 is 10.6 Å². The van der Waals surface area contributed by atoms with Gasteiger partial charge in [-0.3, -0.25) is 10.1 Å². The summed E-state index contributed by atoms with van der Waals surface area (Å²) in [5.41, 5.74) is -0.171. The summed E-state index contributed by atoms with van der Waals surface area (Å²) in [4.78, 5) is 18.7. The van der Waals surface area contributed by atoms with Crippen molar-refractivity contribution < 1.29 is 10.0 Å². The third-order valence-corrected chi connectivity index (χ3v) is 3.65. The summed E-state index contributed by atoms with van der Waals surface area (Å²) >= 11 is 0. The number of nitro groups is 1. The van der Waals surface area contributed by atoms with Crippen LogP contribution in [0.2, 0.25) is 0 Å². The molecule has 1 saturated carbocycles. The molecule has 0 amide bonds. The molecule has 0 aromatic carbocycles. The molecule has 2 rings (SSSR count). The average Bonchev–Trinajstić information content (AvgIpc) is 2.64. The molecule has 1 heterocycles. The van der Waals surface area contributed by atoms with Gasteiger partial charge in [0.1, 0.15) is 6.33 Å². The number of hydrogen-bond donors (Lipinski definition) is 3. The summed E-state index contributed by atoms with van der Waals surface area (Å²) in [6.45, 7) is 2.37. The number of aliphatic hydroxyl groups is 1. The Kier molecular flexibility index (Phi) is 5.26. The fourth-order valence-corrected chi connectivity index (χ4v) is 2.59. The predicted molar refractivity (Wildman–Crippen MR) is 79.4 cm³/mol. The van der Waals surface area contributed by atoms with Gasteiger partial charge in [0.25, 0.3) is 0 Å². The lowest BCUT2D eigenvalue weighted by Gasteiger charge is -2.22. The first-order valence-corrected chi connectivity index (χ1v) is 7.31. The van der Waals surface area contributed by atoms with E-state index in [2.05, 4.69) is 20.6 Å². The number of rotatable bonds is 5. The molecule has 1 aromatic heterocycles. The van der Waals surface area contributed by atoms with Gasteiger partial charge >= 0.3 is 5.69 Å². The van der Waals surface area contributed by atoms with Crippen molar-refractivity contribution in [1.29, 1.82) is 0 Å². The van der Waals surface area contributed by atoms with Gasteiger partial charge in [-0.25, -0.2) is 9.97 Å². The molecule has 3 N–H and O–H groups in total. The maximum Gasteiger partial charge on any atom is 0.353 e. The molecule has 0 saturated heterocycles. The van der Waals surface area contributed by atoms with Crippen molar-refractivity contribution >= 4 is 17.3 Å². The molecule has 8 heteroatoms. The normalized spacial score (nSPS) is 22.4. The highest BCUT2D eigenvalue weighted by Gasteiger charge is 2.28. The van der Waals surface area contributed by atoms with E-state index in [9.17, 15) is 15.2 Å². The highest BCUT2D eigenvalue weighted by atomic mass is 16.6. The van der Waals surface area contributed by atoms with Crippen LogP contribution in [0.25, 0.3) is 0 Å². The van der Waals surface area contributed by atoms with Crippen LogP contribution in [0.3, 0.4) is 0 Å². The molecule has 1 aliphatic carbocycles. The fraction of sp³-hybridized carbons (Fsp3) is 0.692. The predicted octanol–water partition coefficient (Wildman–Crippen LogP) is 1.92. The smallest absolute Gasteiger partial charge is 0.353 e. The van der Waals surface area contributed by atoms with E-state index in [1.807, 2.05) is 6.92 Å². The highest BCUT2D eigenvalue weighted by Crippen LogP contribution is 2.31. The van der Waals surface area contributed by atoms with Gasteiger partial charge in [0.15, 0.2) is 0 Å². The summed E-state index contributed by atoms with van der Waals surface area (Å²) in [6.07, 6.45) is 5.31. The van der Waals surface area contributed by atoms with Gasteiger partial charge in [0.05, 0.1) is 17.1 Å². The lowest BCUT2D eigenvalue weighted by molar-refractivity contribution is -0.383. The van der Waals surface area contributed by atoms with Crippen LogP contribution in [0.4, 0.5) is 17.3 Å². The molecule has 116 valence electrons. The van der Waals surface area contributed by atoms with E-state index in [0.717, 1.165) is 25.7 Å². The first-order valence-electron chi connectivity index (χ1n) is 7.31. The second-order valence-electron chi connectivity index (χ2n) is 5.16. The van der Waals surface area contributed by atoms with Crippen LogP contribution in [-0.4, -0.2) is 38.7 Å². The second-order valence-corrected chi connectivity index (χ2v) is 5.16. The Bertz CT molecular complexity index is 497. The molecule has 21 heavy (non-hydrogen) atoms. The number of nitrogens with zero attached hydrogens (tertiary/aromatic N) is 3. The first-order chi connectivity index (χ1) is 10.1. The van der Waals surface area contributed by atoms with E-state index in [-0.39, 0.29) is 23.4 Å². The summed E-state index contributed by atoms with van der Waals surface area (Å²) in [6, 6.07) is -0.212. The Morgan fingerprint density at radius 1 is 1.33 bits per heavy atom. The molecular formula is C13H21N5O3. The average molecular weight is 295 g/mol. The number of aliphatic hydroxyl groups excluding tert-OH is 1. The van der Waals surface area contributed by atoms with Crippen LogP contribution >= 0.6 is 0 Å². The topological polar surface area (TPSA) is 113 Å². The van der Waals surface area contributed by atoms with Crippen molar-refractivity contribution in [1.82, 2.24) is 9.97 Å². The van der Waals surface area contributed by atoms with Gasteiger partial charge in [-0.15, -0.1) is 0 Å². The quantitative estimate of drug-likeness (QED) is 0.432. The lowest BCUT2D eigenvalue weighted by atomic mass is 10.1. The zero-order valence-corrected chi connectivity index (χ0v) is 12.1. The van der Waals surface area contributed by atoms with E-state index in [0.29, 0.717) is 13.0 Å². The standard InChI is InChI=1S/C13H21N5O3/c1-2-14-12-11(18(20)21)13(16-8-15-12)17-9-6-4-3-5-7-10(9)19/h8-10,19H,2-7H2,1H3,(H2,14,15,16,17). The van der Waals surface area contributed by atoms with Gasteiger partial charge in [-0.05, 0) is 19.8 Å². The maximum absolute atomic E-state index is 11.3. The second kappa shape index (κ2) is 7.16. The summed E-state index contributed by atoms with van der Waals surface area (Å²) in [7, 11) is 0. The Balaban J connectivity index is 2.25. The monoisotopic (exact) mass is 295 g/mol. The van der Waals surface area contributed by atoms with Crippen molar-refractivity contribution in [3.05, 3.63) is 16.4 Å². The number of aromatic nitrogens is 2. The third-order valence-electron chi connectivity index (χ3n) is 3.65. The summed E-state index contributed by atoms with van der Waals surface area (Å²) < 4.78 is 0. The van der Waals surface area contributed by atoms with Gasteiger partial charge in [-0.2, -0.15) is 0 Å². The van der Waals surface area contributed by atoms with Crippen LogP contribution in [0.5, 0.6) is 0 Å². The molecule has 0 bridgehead atoms. The number of nitrogens with one attached hydrogen (secondary N) is 2. The van der Waals surface area contributed by atoms with Crippen LogP contribution in [0, 0.1) is 10.1 Å². The molecule has 2 atom stereocenters. The minimum Gasteiger partial charge on any atom is -0.391 e. The lowest BCUT2D eigenvalue weighted by Crippen LogP contribution is -2.33. The van der Waals surface area contributed by atoms with Crippen LogP contribution in [0.1, 0.15) is 39.0 Å². The van der Waals surface area contributed by atoms with Gasteiger partial charge in [0, 0.05) is 6.54 Å². The highest BCUT2D eigenvalue weighted by molar-refractivity contribution is 5.69. The minimum atomic E-state index is -0.510. The number of anilines is 2. The summed E-state index contributed by atoms with van der Waals surface area (Å²) in [5.74, 6) is 0.361. The van der Waals surface area contributed by atoms with Crippen LogP contribution in [0.15, 0.2) is 6.33 Å². The molecule has 8 nitrogen and oxygen atoms in total. The SMILES string of the molecule is CCNc1ncnc(NC2CCCCCC2O)c1[N+](=O)[O-]. The van der Waals surface area contributed by atoms with Crippen molar-refractivity contribution in [3.8, 4) is 0 Å². The maximum atomic E-state index is 11.3. The molecule has 0 aliphatic heterocycles. The van der Waals surface area contributed by atoms with E-state index in [4.69, 9.17) is 0 Å². The van der Waals surface area contributed by atoms with Crippen molar-refractivity contribution in [3.63, 3.8) is 0 Å². The van der Waals surface area contributed by atoms with E-state index in [1.54, 1.807) is 0 Å². The third kappa shape index (κ3) is 3.78. The Labute approximate surface area is 123 Å². The van der Waals surface area contributed by atoms with E-state index in [1.165, 1.54) is 6.33 Å². The largest absolute Gasteiger partial charge is 0.391 e. The zero-order chi connectivity index (χ0) is 15.2. The van der Waals surface area contributed by atoms with Gasteiger partial charge in [0.2, 0.25) is 11.6 Å². The van der Waals surface area contributed by atoms with Crippen molar-refractivity contribution in [2.75, 3.05) is 17.2 Å². The van der Waals surface area contributed by atoms with Crippen molar-refractivity contribution in [2.45, 2.75) is 51.2 Å². The van der Waals surface area contributed by atoms with Gasteiger partial charge < -0.3 is 15.7 Å². The van der Waals surface area contributed by atoms with E-state index < -0.39 is 11.0 Å². The fourth-order valence-electron chi connectivity index (χ4n) is 2.59. The zero-order valence-electron chi connectivity index (χ0n) is 12.1. The molecule has 1 aromatic rings. The molecule has 1 fully saturated rings. The first kappa shape index (κ1) is 15.4. The Hall–Kier alpha value is -1.96.